The Morgan fingerprint density at radius 1 is 1.43 bits per heavy atom. The van der Waals surface area contributed by atoms with E-state index in [1.54, 1.807) is 0 Å². The number of nitrogens with zero attached hydrogens (tertiary/aromatic N) is 1. The number of nitrogens with one attached hydrogen (secondary N) is 1. The summed E-state index contributed by atoms with van der Waals surface area (Å²) in [5.41, 5.74) is 2.71. The molecule has 1 atom stereocenters. The lowest BCUT2D eigenvalue weighted by Crippen LogP contribution is -2.29. The topological polar surface area (TPSA) is 15.3 Å². The summed E-state index contributed by atoms with van der Waals surface area (Å²) in [6, 6.07) is 9.41. The first kappa shape index (κ1) is 9.53. The Hall–Kier alpha value is -1.02. The normalized spacial score (nSPS) is 21.6. The highest BCUT2D eigenvalue weighted by molar-refractivity contribution is 5.49. The average Bonchev–Trinajstić information content (AvgIpc) is 2.66. The second-order valence-electron chi connectivity index (χ2n) is 4.06. The van der Waals surface area contributed by atoms with Crippen LogP contribution in [0.25, 0.3) is 0 Å². The molecule has 0 bridgehead atoms. The van der Waals surface area contributed by atoms with Gasteiger partial charge in [-0.25, -0.2) is 0 Å². The van der Waals surface area contributed by atoms with Gasteiger partial charge < -0.3 is 10.2 Å². The van der Waals surface area contributed by atoms with Gasteiger partial charge in [0.25, 0.3) is 0 Å². The number of hydrogen-bond acceptors (Lipinski definition) is 2. The smallest absolute Gasteiger partial charge is 0.0369 e. The predicted octanol–water partition coefficient (Wildman–Crippen LogP) is 1.79. The van der Waals surface area contributed by atoms with Gasteiger partial charge in [0.1, 0.15) is 0 Å². The largest absolute Gasteiger partial charge is 0.370 e. The standard InChI is InChI=1S/C12H18N2/c1-10-4-3-5-12(8-10)14-7-6-11(9-14)13-2/h3-5,8,11,13H,6-7,9H2,1-2H3. The van der Waals surface area contributed by atoms with E-state index in [9.17, 15) is 0 Å². The molecule has 76 valence electrons. The lowest BCUT2D eigenvalue weighted by atomic mass is 10.2. The third kappa shape index (κ3) is 1.90. The van der Waals surface area contributed by atoms with Gasteiger partial charge in [0.2, 0.25) is 0 Å². The first-order chi connectivity index (χ1) is 6.79. The monoisotopic (exact) mass is 190 g/mol. The lowest BCUT2D eigenvalue weighted by Gasteiger charge is -2.18. The highest BCUT2D eigenvalue weighted by Gasteiger charge is 2.20. The predicted molar refractivity (Wildman–Crippen MR) is 60.9 cm³/mol. The maximum absolute atomic E-state index is 3.34. The van der Waals surface area contributed by atoms with Crippen LogP contribution < -0.4 is 10.2 Å². The van der Waals surface area contributed by atoms with Crippen LogP contribution in [0.2, 0.25) is 0 Å². The van der Waals surface area contributed by atoms with E-state index in [0.29, 0.717) is 6.04 Å². The van der Waals surface area contributed by atoms with Crippen molar-refractivity contribution in [1.29, 1.82) is 0 Å². The molecule has 0 aromatic heterocycles. The van der Waals surface area contributed by atoms with E-state index < -0.39 is 0 Å². The number of benzene rings is 1. The fourth-order valence-electron chi connectivity index (χ4n) is 2.06. The molecule has 2 heteroatoms. The van der Waals surface area contributed by atoms with Crippen LogP contribution in [0.5, 0.6) is 0 Å². The van der Waals surface area contributed by atoms with E-state index >= 15 is 0 Å². The molecule has 1 saturated heterocycles. The van der Waals surface area contributed by atoms with Crippen LogP contribution in [0, 0.1) is 6.92 Å². The van der Waals surface area contributed by atoms with Gasteiger partial charge in [0.15, 0.2) is 0 Å². The van der Waals surface area contributed by atoms with Crippen molar-refractivity contribution in [2.75, 3.05) is 25.0 Å². The molecule has 0 aliphatic carbocycles. The van der Waals surface area contributed by atoms with Gasteiger partial charge in [0, 0.05) is 24.8 Å². The SMILES string of the molecule is CNC1CCN(c2cccc(C)c2)C1. The summed E-state index contributed by atoms with van der Waals surface area (Å²) in [6.45, 7) is 4.46. The van der Waals surface area contributed by atoms with E-state index in [-0.39, 0.29) is 0 Å². The van der Waals surface area contributed by atoms with Gasteiger partial charge in [-0.3, -0.25) is 0 Å². The second kappa shape index (κ2) is 4.01. The van der Waals surface area contributed by atoms with Crippen molar-refractivity contribution in [2.24, 2.45) is 0 Å². The van der Waals surface area contributed by atoms with E-state index in [1.165, 1.54) is 24.2 Å². The van der Waals surface area contributed by atoms with Crippen molar-refractivity contribution in [3.8, 4) is 0 Å². The molecule has 1 aliphatic rings. The molecule has 0 saturated carbocycles. The summed E-state index contributed by atoms with van der Waals surface area (Å²) in [4.78, 5) is 2.45. The summed E-state index contributed by atoms with van der Waals surface area (Å²) in [5.74, 6) is 0. The minimum Gasteiger partial charge on any atom is -0.370 e. The molecule has 2 rings (SSSR count). The Labute approximate surface area is 85.9 Å². The van der Waals surface area contributed by atoms with Crippen LogP contribution in [0.4, 0.5) is 5.69 Å². The zero-order valence-corrected chi connectivity index (χ0v) is 8.96. The summed E-state index contributed by atoms with van der Waals surface area (Å²) >= 11 is 0. The molecular weight excluding hydrogens is 172 g/mol. The fourth-order valence-corrected chi connectivity index (χ4v) is 2.06. The van der Waals surface area contributed by atoms with Gasteiger partial charge >= 0.3 is 0 Å². The van der Waals surface area contributed by atoms with Crippen molar-refractivity contribution in [1.82, 2.24) is 5.32 Å². The fraction of sp³-hybridized carbons (Fsp3) is 0.500. The van der Waals surface area contributed by atoms with Gasteiger partial charge in [0.05, 0.1) is 0 Å². The Kier molecular flexibility index (Phi) is 2.73. The summed E-state index contributed by atoms with van der Waals surface area (Å²) in [7, 11) is 2.05. The van der Waals surface area contributed by atoms with Crippen LogP contribution in [-0.4, -0.2) is 26.2 Å². The average molecular weight is 190 g/mol. The quantitative estimate of drug-likeness (QED) is 0.765. The molecule has 1 aromatic rings. The zero-order valence-electron chi connectivity index (χ0n) is 8.96. The third-order valence-corrected chi connectivity index (χ3v) is 2.96. The van der Waals surface area contributed by atoms with Gasteiger partial charge in [-0.2, -0.15) is 0 Å². The van der Waals surface area contributed by atoms with Crippen LogP contribution in [0.1, 0.15) is 12.0 Å². The highest BCUT2D eigenvalue weighted by Crippen LogP contribution is 2.20. The van der Waals surface area contributed by atoms with E-state index in [2.05, 4.69) is 41.4 Å². The molecule has 0 radical (unpaired) electrons. The number of rotatable bonds is 2. The Morgan fingerprint density at radius 3 is 2.93 bits per heavy atom. The maximum Gasteiger partial charge on any atom is 0.0369 e. The minimum atomic E-state index is 0.663. The van der Waals surface area contributed by atoms with E-state index in [1.807, 2.05) is 7.05 Å². The molecule has 1 unspecified atom stereocenters. The van der Waals surface area contributed by atoms with Crippen molar-refractivity contribution in [3.05, 3.63) is 29.8 Å². The summed E-state index contributed by atoms with van der Waals surface area (Å²) < 4.78 is 0. The van der Waals surface area contributed by atoms with Crippen molar-refractivity contribution in [2.45, 2.75) is 19.4 Å². The third-order valence-electron chi connectivity index (χ3n) is 2.96. The Morgan fingerprint density at radius 2 is 2.29 bits per heavy atom. The lowest BCUT2D eigenvalue weighted by molar-refractivity contribution is 0.617. The first-order valence-corrected chi connectivity index (χ1v) is 5.28. The highest BCUT2D eigenvalue weighted by atomic mass is 15.2. The van der Waals surface area contributed by atoms with Crippen LogP contribution in [0.3, 0.4) is 0 Å². The molecule has 0 amide bonds. The first-order valence-electron chi connectivity index (χ1n) is 5.28. The maximum atomic E-state index is 3.34. The molecule has 1 N–H and O–H groups in total. The Bertz CT molecular complexity index is 309. The van der Waals surface area contributed by atoms with E-state index in [0.717, 1.165) is 6.54 Å². The minimum absolute atomic E-state index is 0.663. The number of hydrogen-bond donors (Lipinski definition) is 1. The van der Waals surface area contributed by atoms with Crippen molar-refractivity contribution in [3.63, 3.8) is 0 Å². The molecule has 14 heavy (non-hydrogen) atoms. The van der Waals surface area contributed by atoms with Crippen molar-refractivity contribution < 1.29 is 0 Å². The molecule has 0 spiro atoms. The number of aryl methyl sites for hydroxylation is 1. The Balaban J connectivity index is 2.09. The van der Waals surface area contributed by atoms with Gasteiger partial charge in [-0.1, -0.05) is 12.1 Å². The van der Waals surface area contributed by atoms with Crippen LogP contribution >= 0.6 is 0 Å². The zero-order chi connectivity index (χ0) is 9.97. The van der Waals surface area contributed by atoms with Crippen LogP contribution in [-0.2, 0) is 0 Å². The molecule has 1 heterocycles. The number of anilines is 1. The molecular formula is C12H18N2. The molecule has 1 aliphatic heterocycles. The van der Waals surface area contributed by atoms with Crippen LogP contribution in [0.15, 0.2) is 24.3 Å². The van der Waals surface area contributed by atoms with Crippen molar-refractivity contribution >= 4 is 5.69 Å². The van der Waals surface area contributed by atoms with Gasteiger partial charge in [-0.05, 0) is 38.1 Å². The summed E-state index contributed by atoms with van der Waals surface area (Å²) in [5, 5.41) is 3.34. The summed E-state index contributed by atoms with van der Waals surface area (Å²) in [6.07, 6.45) is 1.25. The molecule has 1 aromatic carbocycles. The molecule has 2 nitrogen and oxygen atoms in total. The number of likely N-dealkylation sites (N-methyl/N-ethyl adjacent to an activating group) is 1. The molecule has 1 fully saturated rings. The van der Waals surface area contributed by atoms with Gasteiger partial charge in [-0.15, -0.1) is 0 Å². The van der Waals surface area contributed by atoms with E-state index in [4.69, 9.17) is 0 Å². The second-order valence-corrected chi connectivity index (χ2v) is 4.06.